The maximum atomic E-state index is 12.6. The number of anilines is 1. The van der Waals surface area contributed by atoms with Crippen LogP contribution in [0.15, 0.2) is 42.5 Å². The van der Waals surface area contributed by atoms with Gasteiger partial charge in [-0.25, -0.2) is 4.79 Å². The Bertz CT molecular complexity index is 874. The van der Waals surface area contributed by atoms with Gasteiger partial charge in [-0.05, 0) is 55.0 Å². The lowest BCUT2D eigenvalue weighted by Crippen LogP contribution is -2.37. The van der Waals surface area contributed by atoms with Crippen LogP contribution in [-0.2, 0) is 0 Å². The number of aryl methyl sites for hydroxylation is 1. The zero-order chi connectivity index (χ0) is 19.4. The van der Waals surface area contributed by atoms with E-state index in [9.17, 15) is 14.4 Å². The van der Waals surface area contributed by atoms with Gasteiger partial charge < -0.3 is 15.3 Å². The van der Waals surface area contributed by atoms with Crippen LogP contribution in [0.2, 0.25) is 0 Å². The SMILES string of the molecule is Cc1cc(C(=O)N2CCSCC2)ccc1NC(=O)c1ccc(C(=O)O)cc1. The molecule has 0 atom stereocenters. The summed E-state index contributed by atoms with van der Waals surface area (Å²) >= 11 is 1.85. The molecule has 0 unspecified atom stereocenters. The van der Waals surface area contributed by atoms with Crippen LogP contribution in [-0.4, -0.2) is 52.4 Å². The Balaban J connectivity index is 1.71. The lowest BCUT2D eigenvalue weighted by Gasteiger charge is -2.26. The quantitative estimate of drug-likeness (QED) is 0.846. The second-order valence-corrected chi connectivity index (χ2v) is 7.50. The van der Waals surface area contributed by atoms with Crippen molar-refractivity contribution in [2.24, 2.45) is 0 Å². The molecule has 0 saturated carbocycles. The number of hydrogen-bond acceptors (Lipinski definition) is 4. The second kappa shape index (κ2) is 8.26. The van der Waals surface area contributed by atoms with E-state index in [0.29, 0.717) is 16.8 Å². The van der Waals surface area contributed by atoms with E-state index in [2.05, 4.69) is 5.32 Å². The molecule has 6 nitrogen and oxygen atoms in total. The van der Waals surface area contributed by atoms with E-state index >= 15 is 0 Å². The summed E-state index contributed by atoms with van der Waals surface area (Å²) in [5.74, 6) is 0.562. The largest absolute Gasteiger partial charge is 0.478 e. The van der Waals surface area contributed by atoms with Gasteiger partial charge in [0.15, 0.2) is 0 Å². The summed E-state index contributed by atoms with van der Waals surface area (Å²) in [5.41, 5.74) is 2.52. The van der Waals surface area contributed by atoms with Crippen LogP contribution in [0.4, 0.5) is 5.69 Å². The fourth-order valence-corrected chi connectivity index (χ4v) is 3.75. The van der Waals surface area contributed by atoms with Gasteiger partial charge in [0.25, 0.3) is 11.8 Å². The van der Waals surface area contributed by atoms with E-state index in [-0.39, 0.29) is 17.4 Å². The Labute approximate surface area is 161 Å². The monoisotopic (exact) mass is 384 g/mol. The molecule has 2 N–H and O–H groups in total. The Hall–Kier alpha value is -2.80. The van der Waals surface area contributed by atoms with Crippen molar-refractivity contribution in [2.45, 2.75) is 6.92 Å². The van der Waals surface area contributed by atoms with Crippen molar-refractivity contribution in [1.29, 1.82) is 0 Å². The summed E-state index contributed by atoms with van der Waals surface area (Å²) in [5, 5.41) is 11.7. The van der Waals surface area contributed by atoms with Crippen LogP contribution in [0.25, 0.3) is 0 Å². The summed E-state index contributed by atoms with van der Waals surface area (Å²) < 4.78 is 0. The predicted octanol–water partition coefficient (Wildman–Crippen LogP) is 3.13. The second-order valence-electron chi connectivity index (χ2n) is 6.27. The molecule has 27 heavy (non-hydrogen) atoms. The highest BCUT2D eigenvalue weighted by Gasteiger charge is 2.19. The first kappa shape index (κ1) is 19.0. The number of benzene rings is 2. The van der Waals surface area contributed by atoms with Crippen molar-refractivity contribution in [1.82, 2.24) is 4.90 Å². The van der Waals surface area contributed by atoms with Gasteiger partial charge in [-0.1, -0.05) is 0 Å². The highest BCUT2D eigenvalue weighted by atomic mass is 32.2. The molecule has 1 aliphatic heterocycles. The number of carbonyl (C=O) groups is 3. The molecule has 2 aromatic carbocycles. The average molecular weight is 384 g/mol. The van der Waals surface area contributed by atoms with Crippen LogP contribution in [0.5, 0.6) is 0 Å². The maximum Gasteiger partial charge on any atom is 0.335 e. The molecule has 0 bridgehead atoms. The fraction of sp³-hybridized carbons (Fsp3) is 0.250. The smallest absolute Gasteiger partial charge is 0.335 e. The summed E-state index contributed by atoms with van der Waals surface area (Å²) in [6.45, 7) is 3.35. The number of carbonyl (C=O) groups excluding carboxylic acids is 2. The molecule has 1 saturated heterocycles. The van der Waals surface area contributed by atoms with Crippen molar-refractivity contribution in [3.63, 3.8) is 0 Å². The van der Waals surface area contributed by atoms with Gasteiger partial charge in [0, 0.05) is 41.4 Å². The lowest BCUT2D eigenvalue weighted by atomic mass is 10.1. The highest BCUT2D eigenvalue weighted by Crippen LogP contribution is 2.20. The summed E-state index contributed by atoms with van der Waals surface area (Å²) in [6.07, 6.45) is 0. The fourth-order valence-electron chi connectivity index (χ4n) is 2.84. The normalized spacial score (nSPS) is 13.9. The van der Waals surface area contributed by atoms with E-state index in [1.165, 1.54) is 24.3 Å². The molecule has 3 rings (SSSR count). The first-order valence-electron chi connectivity index (χ1n) is 8.58. The van der Waals surface area contributed by atoms with Gasteiger partial charge in [0.1, 0.15) is 0 Å². The summed E-state index contributed by atoms with van der Waals surface area (Å²) in [4.78, 5) is 37.7. The average Bonchev–Trinajstić information content (AvgIpc) is 2.69. The molecular weight excluding hydrogens is 364 g/mol. The minimum absolute atomic E-state index is 0.0144. The molecule has 2 amide bonds. The van der Waals surface area contributed by atoms with E-state index in [0.717, 1.165) is 30.2 Å². The molecule has 140 valence electrons. The molecular formula is C20H20N2O4S. The van der Waals surface area contributed by atoms with Crippen molar-refractivity contribution >= 4 is 35.2 Å². The van der Waals surface area contributed by atoms with Crippen molar-refractivity contribution in [3.8, 4) is 0 Å². The minimum Gasteiger partial charge on any atom is -0.478 e. The molecule has 0 aromatic heterocycles. The molecule has 1 fully saturated rings. The summed E-state index contributed by atoms with van der Waals surface area (Å²) in [7, 11) is 0. The minimum atomic E-state index is -1.04. The topological polar surface area (TPSA) is 86.7 Å². The molecule has 2 aromatic rings. The number of amides is 2. The third kappa shape index (κ3) is 4.49. The summed E-state index contributed by atoms with van der Waals surface area (Å²) in [6, 6.07) is 11.0. The third-order valence-electron chi connectivity index (χ3n) is 4.41. The van der Waals surface area contributed by atoms with Gasteiger partial charge in [0.05, 0.1) is 5.56 Å². The van der Waals surface area contributed by atoms with E-state index in [4.69, 9.17) is 5.11 Å². The molecule has 0 aliphatic carbocycles. The third-order valence-corrected chi connectivity index (χ3v) is 5.36. The zero-order valence-electron chi connectivity index (χ0n) is 14.9. The highest BCUT2D eigenvalue weighted by molar-refractivity contribution is 7.99. The van der Waals surface area contributed by atoms with Gasteiger partial charge in [0.2, 0.25) is 0 Å². The number of carboxylic acid groups (broad SMARTS) is 1. The number of rotatable bonds is 4. The Kier molecular flexibility index (Phi) is 5.81. The zero-order valence-corrected chi connectivity index (χ0v) is 15.7. The van der Waals surface area contributed by atoms with Gasteiger partial charge >= 0.3 is 5.97 Å². The van der Waals surface area contributed by atoms with E-state index in [1.807, 2.05) is 23.6 Å². The predicted molar refractivity (Wildman–Crippen MR) is 106 cm³/mol. The van der Waals surface area contributed by atoms with Gasteiger partial charge in [-0.15, -0.1) is 0 Å². The number of nitrogens with zero attached hydrogens (tertiary/aromatic N) is 1. The number of nitrogens with one attached hydrogen (secondary N) is 1. The Morgan fingerprint density at radius 2 is 1.56 bits per heavy atom. The van der Waals surface area contributed by atoms with Crippen LogP contribution in [0.3, 0.4) is 0 Å². The number of aromatic carboxylic acids is 1. The van der Waals surface area contributed by atoms with Crippen LogP contribution in [0.1, 0.15) is 36.6 Å². The van der Waals surface area contributed by atoms with Gasteiger partial charge in [-0.3, -0.25) is 9.59 Å². The Morgan fingerprint density at radius 1 is 0.963 bits per heavy atom. The van der Waals surface area contributed by atoms with Crippen LogP contribution >= 0.6 is 11.8 Å². The first-order chi connectivity index (χ1) is 13.0. The van der Waals surface area contributed by atoms with E-state index < -0.39 is 5.97 Å². The molecule has 1 heterocycles. The van der Waals surface area contributed by atoms with Crippen LogP contribution in [0, 0.1) is 6.92 Å². The van der Waals surface area contributed by atoms with Gasteiger partial charge in [-0.2, -0.15) is 11.8 Å². The number of hydrogen-bond donors (Lipinski definition) is 2. The molecule has 7 heteroatoms. The molecule has 0 radical (unpaired) electrons. The first-order valence-corrected chi connectivity index (χ1v) is 9.73. The number of carboxylic acids is 1. The maximum absolute atomic E-state index is 12.6. The molecule has 0 spiro atoms. The lowest BCUT2D eigenvalue weighted by molar-refractivity contribution is 0.0695. The molecule has 1 aliphatic rings. The van der Waals surface area contributed by atoms with Crippen molar-refractivity contribution < 1.29 is 19.5 Å². The van der Waals surface area contributed by atoms with Crippen LogP contribution < -0.4 is 5.32 Å². The Morgan fingerprint density at radius 3 is 2.15 bits per heavy atom. The van der Waals surface area contributed by atoms with E-state index in [1.54, 1.807) is 18.2 Å². The standard InChI is InChI=1S/C20H20N2O4S/c1-13-12-16(19(24)22-8-10-27-11-9-22)6-7-17(13)21-18(23)14-2-4-15(5-3-14)20(25)26/h2-7,12H,8-11H2,1H3,(H,21,23)(H,25,26). The van der Waals surface area contributed by atoms with Crippen molar-refractivity contribution in [3.05, 3.63) is 64.7 Å². The number of thioether (sulfide) groups is 1. The van der Waals surface area contributed by atoms with Crippen molar-refractivity contribution in [2.75, 3.05) is 29.9 Å².